The standard InChI is InChI=1S/C24H18ClN3O/c1-15-3-5-16(6-4-15)23-21-14-26-22-12-11-19(29-2)13-20(22)24(21)28(27-23)18-9-7-17(25)8-10-18/h3-14H,1-2H3. The Labute approximate surface area is 173 Å². The number of ether oxygens (including phenoxy) is 1. The average molecular weight is 400 g/mol. The molecule has 0 aliphatic rings. The van der Waals surface area contributed by atoms with Crippen molar-refractivity contribution in [3.63, 3.8) is 0 Å². The molecule has 5 rings (SSSR count). The Balaban J connectivity index is 1.88. The summed E-state index contributed by atoms with van der Waals surface area (Å²) in [5.41, 5.74) is 5.98. The van der Waals surface area contributed by atoms with E-state index >= 15 is 0 Å². The molecule has 0 aliphatic carbocycles. The molecule has 29 heavy (non-hydrogen) atoms. The van der Waals surface area contributed by atoms with E-state index in [-0.39, 0.29) is 0 Å². The van der Waals surface area contributed by atoms with Gasteiger partial charge in [0.2, 0.25) is 0 Å². The molecule has 3 aromatic carbocycles. The molecule has 142 valence electrons. The molecular formula is C24H18ClN3O. The van der Waals surface area contributed by atoms with Gasteiger partial charge in [-0.3, -0.25) is 4.98 Å². The molecule has 2 heterocycles. The molecule has 0 fully saturated rings. The Morgan fingerprint density at radius 1 is 0.897 bits per heavy atom. The highest BCUT2D eigenvalue weighted by molar-refractivity contribution is 6.30. The summed E-state index contributed by atoms with van der Waals surface area (Å²) in [7, 11) is 1.67. The molecular weight excluding hydrogens is 382 g/mol. The molecule has 0 unspecified atom stereocenters. The third-order valence-corrected chi connectivity index (χ3v) is 5.36. The minimum Gasteiger partial charge on any atom is -0.497 e. The Morgan fingerprint density at radius 2 is 1.66 bits per heavy atom. The van der Waals surface area contributed by atoms with Gasteiger partial charge >= 0.3 is 0 Å². The number of pyridine rings is 1. The summed E-state index contributed by atoms with van der Waals surface area (Å²) in [6.07, 6.45) is 1.90. The SMILES string of the molecule is COc1ccc2ncc3c(-c4ccc(C)cc4)nn(-c4ccc(Cl)cc4)c3c2c1. The van der Waals surface area contributed by atoms with Crippen LogP contribution >= 0.6 is 11.6 Å². The van der Waals surface area contributed by atoms with Crippen molar-refractivity contribution in [3.8, 4) is 22.7 Å². The van der Waals surface area contributed by atoms with Crippen LogP contribution < -0.4 is 4.74 Å². The number of methoxy groups -OCH3 is 1. The summed E-state index contributed by atoms with van der Waals surface area (Å²) >= 11 is 6.11. The number of hydrogen-bond acceptors (Lipinski definition) is 3. The van der Waals surface area contributed by atoms with Crippen LogP contribution in [-0.4, -0.2) is 21.9 Å². The second-order valence-corrected chi connectivity index (χ2v) is 7.44. The molecule has 0 amide bonds. The van der Waals surface area contributed by atoms with Crippen LogP contribution in [0.25, 0.3) is 38.8 Å². The van der Waals surface area contributed by atoms with E-state index in [0.29, 0.717) is 5.02 Å². The van der Waals surface area contributed by atoms with Gasteiger partial charge in [-0.15, -0.1) is 0 Å². The van der Waals surface area contributed by atoms with Gasteiger partial charge in [-0.1, -0.05) is 41.4 Å². The van der Waals surface area contributed by atoms with Crippen molar-refractivity contribution in [2.45, 2.75) is 6.92 Å². The summed E-state index contributed by atoms with van der Waals surface area (Å²) in [4.78, 5) is 4.68. The Hall–Kier alpha value is -3.37. The van der Waals surface area contributed by atoms with Gasteiger partial charge in [0.1, 0.15) is 11.4 Å². The van der Waals surface area contributed by atoms with Crippen LogP contribution in [0.2, 0.25) is 5.02 Å². The summed E-state index contributed by atoms with van der Waals surface area (Å²) in [5.74, 6) is 0.785. The van der Waals surface area contributed by atoms with Crippen molar-refractivity contribution in [2.75, 3.05) is 7.11 Å². The molecule has 0 saturated carbocycles. The number of rotatable bonds is 3. The minimum absolute atomic E-state index is 0.692. The normalized spacial score (nSPS) is 11.3. The van der Waals surface area contributed by atoms with Crippen LogP contribution in [0.15, 0.2) is 72.9 Å². The lowest BCUT2D eigenvalue weighted by Crippen LogP contribution is -1.97. The van der Waals surface area contributed by atoms with Crippen LogP contribution in [-0.2, 0) is 0 Å². The van der Waals surface area contributed by atoms with Crippen LogP contribution in [0, 0.1) is 6.92 Å². The van der Waals surface area contributed by atoms with Crippen LogP contribution in [0.1, 0.15) is 5.56 Å². The maximum Gasteiger partial charge on any atom is 0.119 e. The van der Waals surface area contributed by atoms with Crippen molar-refractivity contribution < 1.29 is 4.74 Å². The van der Waals surface area contributed by atoms with Gasteiger partial charge in [0, 0.05) is 27.6 Å². The lowest BCUT2D eigenvalue weighted by molar-refractivity contribution is 0.415. The highest BCUT2D eigenvalue weighted by Crippen LogP contribution is 2.35. The number of hydrogen-bond donors (Lipinski definition) is 0. The van der Waals surface area contributed by atoms with Gasteiger partial charge in [-0.2, -0.15) is 5.10 Å². The molecule has 0 atom stereocenters. The Bertz CT molecular complexity index is 1340. The van der Waals surface area contributed by atoms with Crippen molar-refractivity contribution in [1.29, 1.82) is 0 Å². The van der Waals surface area contributed by atoms with E-state index in [1.807, 2.05) is 53.3 Å². The number of benzene rings is 3. The van der Waals surface area contributed by atoms with Gasteiger partial charge in [-0.05, 0) is 49.4 Å². The zero-order valence-electron chi connectivity index (χ0n) is 16.1. The van der Waals surface area contributed by atoms with Crippen LogP contribution in [0.4, 0.5) is 0 Å². The zero-order chi connectivity index (χ0) is 20.0. The quantitative estimate of drug-likeness (QED) is 0.362. The maximum atomic E-state index is 6.11. The van der Waals surface area contributed by atoms with E-state index in [2.05, 4.69) is 36.2 Å². The van der Waals surface area contributed by atoms with E-state index in [1.54, 1.807) is 7.11 Å². The fraction of sp³-hybridized carbons (Fsp3) is 0.0833. The monoisotopic (exact) mass is 399 g/mol. The number of fused-ring (bicyclic) bond motifs is 3. The Morgan fingerprint density at radius 3 is 2.38 bits per heavy atom. The molecule has 0 bridgehead atoms. The maximum absolute atomic E-state index is 6.11. The van der Waals surface area contributed by atoms with Gasteiger partial charge in [0.25, 0.3) is 0 Å². The zero-order valence-corrected chi connectivity index (χ0v) is 16.8. The van der Waals surface area contributed by atoms with Crippen LogP contribution in [0.3, 0.4) is 0 Å². The first-order chi connectivity index (χ1) is 14.1. The number of aromatic nitrogens is 3. The highest BCUT2D eigenvalue weighted by Gasteiger charge is 2.17. The summed E-state index contributed by atoms with van der Waals surface area (Å²) < 4.78 is 7.42. The number of aryl methyl sites for hydroxylation is 1. The molecule has 0 saturated heterocycles. The average Bonchev–Trinajstić information content (AvgIpc) is 3.14. The molecule has 0 aliphatic heterocycles. The summed E-state index contributed by atoms with van der Waals surface area (Å²) in [6.45, 7) is 2.08. The largest absolute Gasteiger partial charge is 0.497 e. The topological polar surface area (TPSA) is 39.9 Å². The number of halogens is 1. The minimum atomic E-state index is 0.692. The van der Waals surface area contributed by atoms with E-state index in [1.165, 1.54) is 5.56 Å². The molecule has 2 aromatic heterocycles. The first-order valence-corrected chi connectivity index (χ1v) is 9.70. The molecule has 0 radical (unpaired) electrons. The fourth-order valence-corrected chi connectivity index (χ4v) is 3.71. The van der Waals surface area contributed by atoms with Crippen molar-refractivity contribution in [3.05, 3.63) is 83.5 Å². The predicted molar refractivity (Wildman–Crippen MR) is 118 cm³/mol. The van der Waals surface area contributed by atoms with Gasteiger partial charge in [0.05, 0.1) is 23.8 Å². The van der Waals surface area contributed by atoms with E-state index in [4.69, 9.17) is 21.4 Å². The first kappa shape index (κ1) is 17.7. The van der Waals surface area contributed by atoms with E-state index < -0.39 is 0 Å². The molecule has 0 N–H and O–H groups in total. The van der Waals surface area contributed by atoms with Crippen molar-refractivity contribution >= 4 is 33.4 Å². The van der Waals surface area contributed by atoms with Crippen LogP contribution in [0.5, 0.6) is 5.75 Å². The van der Waals surface area contributed by atoms with Gasteiger partial charge < -0.3 is 4.74 Å². The lowest BCUT2D eigenvalue weighted by Gasteiger charge is -2.07. The first-order valence-electron chi connectivity index (χ1n) is 9.32. The van der Waals surface area contributed by atoms with E-state index in [9.17, 15) is 0 Å². The fourth-order valence-electron chi connectivity index (χ4n) is 3.58. The predicted octanol–water partition coefficient (Wildman–Crippen LogP) is 6.21. The van der Waals surface area contributed by atoms with Crippen molar-refractivity contribution in [1.82, 2.24) is 14.8 Å². The molecule has 4 nitrogen and oxygen atoms in total. The van der Waals surface area contributed by atoms with Crippen molar-refractivity contribution in [2.24, 2.45) is 0 Å². The second-order valence-electron chi connectivity index (χ2n) is 7.01. The molecule has 5 aromatic rings. The summed E-state index contributed by atoms with van der Waals surface area (Å²) in [6, 6.07) is 22.0. The van der Waals surface area contributed by atoms with Gasteiger partial charge in [0.15, 0.2) is 0 Å². The highest BCUT2D eigenvalue weighted by atomic mass is 35.5. The Kier molecular flexibility index (Phi) is 4.22. The molecule has 0 spiro atoms. The number of nitrogens with zero attached hydrogens (tertiary/aromatic N) is 3. The summed E-state index contributed by atoms with van der Waals surface area (Å²) in [5, 5.41) is 7.66. The second kappa shape index (κ2) is 6.90. The van der Waals surface area contributed by atoms with Gasteiger partial charge in [-0.25, -0.2) is 4.68 Å². The smallest absolute Gasteiger partial charge is 0.119 e. The lowest BCUT2D eigenvalue weighted by atomic mass is 10.1. The molecule has 5 heteroatoms. The van der Waals surface area contributed by atoms with E-state index in [0.717, 1.165) is 44.5 Å². The third-order valence-electron chi connectivity index (χ3n) is 5.11. The third kappa shape index (κ3) is 3.02.